The van der Waals surface area contributed by atoms with E-state index in [9.17, 15) is 4.79 Å². The smallest absolute Gasteiger partial charge is 0.225 e. The highest BCUT2D eigenvalue weighted by Gasteiger charge is 2.37. The number of carbonyl (C=O) groups is 1. The molecule has 0 radical (unpaired) electrons. The van der Waals surface area contributed by atoms with Crippen molar-refractivity contribution < 1.29 is 4.79 Å². The molecule has 1 saturated heterocycles. The lowest BCUT2D eigenvalue weighted by atomic mass is 9.89. The first-order valence-corrected chi connectivity index (χ1v) is 5.10. The zero-order valence-corrected chi connectivity index (χ0v) is 7.75. The quantitative estimate of drug-likeness (QED) is 0.546. The van der Waals surface area contributed by atoms with Crippen LogP contribution in [0.1, 0.15) is 45.4 Å². The Bertz CT molecular complexity index is 184. The number of hydrogen-bond donors (Lipinski definition) is 0. The number of β-lactam (4-membered cyclic amide) rings is 1. The molecule has 1 heterocycles. The molecule has 68 valence electrons. The number of carbonyl (C=O) groups excluding carboxylic acids is 1. The fourth-order valence-corrected chi connectivity index (χ4v) is 2.51. The average Bonchev–Trinajstić information content (AvgIpc) is 2.05. The second-order valence-corrected chi connectivity index (χ2v) is 4.15. The van der Waals surface area contributed by atoms with Crippen LogP contribution in [0.5, 0.6) is 0 Å². The number of nitrogens with zero attached hydrogens (tertiary/aromatic N) is 1. The second-order valence-electron chi connectivity index (χ2n) is 4.15. The number of amides is 1. The van der Waals surface area contributed by atoms with Crippen LogP contribution < -0.4 is 0 Å². The van der Waals surface area contributed by atoms with Gasteiger partial charge in [-0.1, -0.05) is 19.3 Å². The Labute approximate surface area is 73.9 Å². The predicted octanol–water partition coefficient (Wildman–Crippen LogP) is 1.94. The van der Waals surface area contributed by atoms with Crippen molar-refractivity contribution in [3.8, 4) is 0 Å². The van der Waals surface area contributed by atoms with Crippen molar-refractivity contribution in [2.75, 3.05) is 0 Å². The molecule has 0 spiro atoms. The highest BCUT2D eigenvalue weighted by Crippen LogP contribution is 2.30. The first kappa shape index (κ1) is 8.09. The van der Waals surface area contributed by atoms with Crippen molar-refractivity contribution in [3.05, 3.63) is 0 Å². The van der Waals surface area contributed by atoms with E-state index in [1.807, 2.05) is 0 Å². The standard InChI is InChI=1S/C10H17NO/c1-8-7-10(12)11(8)9-5-3-2-4-6-9/h8-9H,2-7H2,1H3/t8-/m1/s1. The fraction of sp³-hybridized carbons (Fsp3) is 0.900. The Kier molecular flexibility index (Phi) is 2.07. The molecule has 0 aromatic carbocycles. The van der Waals surface area contributed by atoms with E-state index >= 15 is 0 Å². The van der Waals surface area contributed by atoms with Gasteiger partial charge in [0.1, 0.15) is 0 Å². The highest BCUT2D eigenvalue weighted by molar-refractivity contribution is 5.83. The lowest BCUT2D eigenvalue weighted by molar-refractivity contribution is -0.149. The summed E-state index contributed by atoms with van der Waals surface area (Å²) >= 11 is 0. The van der Waals surface area contributed by atoms with Crippen LogP contribution in [0.15, 0.2) is 0 Å². The Morgan fingerprint density at radius 2 is 1.92 bits per heavy atom. The molecule has 12 heavy (non-hydrogen) atoms. The third-order valence-corrected chi connectivity index (χ3v) is 3.20. The Balaban J connectivity index is 1.93. The zero-order valence-electron chi connectivity index (χ0n) is 7.75. The van der Waals surface area contributed by atoms with Crippen LogP contribution >= 0.6 is 0 Å². The molecule has 0 aromatic heterocycles. The minimum Gasteiger partial charge on any atom is -0.336 e. The van der Waals surface area contributed by atoms with Crippen molar-refractivity contribution in [1.82, 2.24) is 4.90 Å². The molecular formula is C10H17NO. The van der Waals surface area contributed by atoms with Gasteiger partial charge >= 0.3 is 0 Å². The van der Waals surface area contributed by atoms with E-state index in [4.69, 9.17) is 0 Å². The molecule has 0 bridgehead atoms. The van der Waals surface area contributed by atoms with Gasteiger partial charge < -0.3 is 4.90 Å². The summed E-state index contributed by atoms with van der Waals surface area (Å²) in [4.78, 5) is 13.4. The summed E-state index contributed by atoms with van der Waals surface area (Å²) in [7, 11) is 0. The molecule has 0 aromatic rings. The Morgan fingerprint density at radius 1 is 1.25 bits per heavy atom. The molecular weight excluding hydrogens is 150 g/mol. The zero-order chi connectivity index (χ0) is 8.55. The summed E-state index contributed by atoms with van der Waals surface area (Å²) in [6, 6.07) is 1.12. The minimum absolute atomic E-state index is 0.384. The summed E-state index contributed by atoms with van der Waals surface area (Å²) < 4.78 is 0. The van der Waals surface area contributed by atoms with Crippen LogP contribution in [0.2, 0.25) is 0 Å². The maximum atomic E-state index is 11.3. The molecule has 1 aliphatic heterocycles. The van der Waals surface area contributed by atoms with Gasteiger partial charge in [-0.3, -0.25) is 4.79 Å². The Hall–Kier alpha value is -0.530. The summed E-state index contributed by atoms with van der Waals surface area (Å²) in [6.45, 7) is 2.16. The monoisotopic (exact) mass is 167 g/mol. The number of rotatable bonds is 1. The van der Waals surface area contributed by atoms with E-state index in [1.165, 1.54) is 32.1 Å². The maximum Gasteiger partial charge on any atom is 0.225 e. The predicted molar refractivity (Wildman–Crippen MR) is 47.8 cm³/mol. The molecule has 2 aliphatic rings. The van der Waals surface area contributed by atoms with Crippen LogP contribution in [0, 0.1) is 0 Å². The van der Waals surface area contributed by atoms with Gasteiger partial charge in [0.25, 0.3) is 0 Å². The van der Waals surface area contributed by atoms with Gasteiger partial charge in [-0.05, 0) is 19.8 Å². The van der Waals surface area contributed by atoms with Crippen LogP contribution in [-0.4, -0.2) is 22.9 Å². The molecule has 1 atom stereocenters. The normalized spacial score (nSPS) is 31.9. The van der Waals surface area contributed by atoms with Crippen molar-refractivity contribution in [3.63, 3.8) is 0 Å². The summed E-state index contributed by atoms with van der Waals surface area (Å²) in [6.07, 6.45) is 7.29. The molecule has 2 heteroatoms. The van der Waals surface area contributed by atoms with E-state index in [0.717, 1.165) is 6.42 Å². The minimum atomic E-state index is 0.384. The lowest BCUT2D eigenvalue weighted by Crippen LogP contribution is -2.56. The second kappa shape index (κ2) is 3.08. The molecule has 0 N–H and O–H groups in total. The summed E-state index contributed by atoms with van der Waals surface area (Å²) in [5, 5.41) is 0. The fourth-order valence-electron chi connectivity index (χ4n) is 2.51. The third kappa shape index (κ3) is 1.23. The van der Waals surface area contributed by atoms with Crippen molar-refractivity contribution in [2.24, 2.45) is 0 Å². The average molecular weight is 167 g/mol. The topological polar surface area (TPSA) is 20.3 Å². The SMILES string of the molecule is C[C@@H]1CC(=O)N1C1CCCCC1. The van der Waals surface area contributed by atoms with Gasteiger partial charge in [0.15, 0.2) is 0 Å². The van der Waals surface area contributed by atoms with Gasteiger partial charge in [0.05, 0.1) is 0 Å². The lowest BCUT2D eigenvalue weighted by Gasteiger charge is -2.45. The third-order valence-electron chi connectivity index (χ3n) is 3.20. The highest BCUT2D eigenvalue weighted by atomic mass is 16.2. The molecule has 1 saturated carbocycles. The molecule has 1 amide bonds. The maximum absolute atomic E-state index is 11.3. The van der Waals surface area contributed by atoms with Crippen molar-refractivity contribution >= 4 is 5.91 Å². The molecule has 0 unspecified atom stereocenters. The number of likely N-dealkylation sites (tertiary alicyclic amines) is 1. The first-order chi connectivity index (χ1) is 5.79. The van der Waals surface area contributed by atoms with Crippen LogP contribution in [-0.2, 0) is 4.79 Å². The van der Waals surface area contributed by atoms with Crippen molar-refractivity contribution in [1.29, 1.82) is 0 Å². The molecule has 2 rings (SSSR count). The van der Waals surface area contributed by atoms with Gasteiger partial charge in [0.2, 0.25) is 5.91 Å². The van der Waals surface area contributed by atoms with Gasteiger partial charge in [-0.25, -0.2) is 0 Å². The van der Waals surface area contributed by atoms with E-state index in [-0.39, 0.29) is 0 Å². The van der Waals surface area contributed by atoms with E-state index in [2.05, 4.69) is 11.8 Å². The molecule has 2 nitrogen and oxygen atoms in total. The van der Waals surface area contributed by atoms with E-state index < -0.39 is 0 Å². The van der Waals surface area contributed by atoms with E-state index in [0.29, 0.717) is 18.0 Å². The van der Waals surface area contributed by atoms with Gasteiger partial charge in [-0.15, -0.1) is 0 Å². The summed E-state index contributed by atoms with van der Waals surface area (Å²) in [5.41, 5.74) is 0. The van der Waals surface area contributed by atoms with E-state index in [1.54, 1.807) is 0 Å². The number of hydrogen-bond acceptors (Lipinski definition) is 1. The summed E-state index contributed by atoms with van der Waals surface area (Å²) in [5.74, 6) is 0.384. The molecule has 2 fully saturated rings. The largest absolute Gasteiger partial charge is 0.336 e. The van der Waals surface area contributed by atoms with Crippen LogP contribution in [0.25, 0.3) is 0 Å². The van der Waals surface area contributed by atoms with Crippen LogP contribution in [0.3, 0.4) is 0 Å². The van der Waals surface area contributed by atoms with Gasteiger partial charge in [-0.2, -0.15) is 0 Å². The van der Waals surface area contributed by atoms with Gasteiger partial charge in [0, 0.05) is 18.5 Å². The Morgan fingerprint density at radius 3 is 2.42 bits per heavy atom. The van der Waals surface area contributed by atoms with Crippen LogP contribution in [0.4, 0.5) is 0 Å². The van der Waals surface area contributed by atoms with Crippen molar-refractivity contribution in [2.45, 2.75) is 57.5 Å². The first-order valence-electron chi connectivity index (χ1n) is 5.10. The molecule has 1 aliphatic carbocycles.